The van der Waals surface area contributed by atoms with Crippen molar-refractivity contribution in [2.45, 2.75) is 90.1 Å². The van der Waals surface area contributed by atoms with Crippen LogP contribution in [0.3, 0.4) is 0 Å². The van der Waals surface area contributed by atoms with Gasteiger partial charge in [-0.25, -0.2) is 4.79 Å². The third kappa shape index (κ3) is 7.70. The second kappa shape index (κ2) is 10.6. The molecule has 2 rings (SSSR count). The van der Waals surface area contributed by atoms with Crippen molar-refractivity contribution in [3.8, 4) is 0 Å². The number of halogens is 1. The summed E-state index contributed by atoms with van der Waals surface area (Å²) in [5.74, 6) is -0.799. The van der Waals surface area contributed by atoms with E-state index in [4.69, 9.17) is 9.47 Å². The van der Waals surface area contributed by atoms with Crippen molar-refractivity contribution in [2.75, 3.05) is 0 Å². The van der Waals surface area contributed by atoms with E-state index in [1.807, 2.05) is 32.9 Å². The quantitative estimate of drug-likeness (QED) is 0.215. The van der Waals surface area contributed by atoms with Gasteiger partial charge in [-0.3, -0.25) is 4.79 Å². The van der Waals surface area contributed by atoms with Gasteiger partial charge in [-0.05, 0) is 74.0 Å². The van der Waals surface area contributed by atoms with Gasteiger partial charge in [-0.2, -0.15) is 0 Å². The van der Waals surface area contributed by atoms with Crippen LogP contribution < -0.4 is 5.32 Å². The molecule has 6 heteroatoms. The highest BCUT2D eigenvalue weighted by Gasteiger charge is 2.50. The second-order valence-electron chi connectivity index (χ2n) is 8.41. The lowest BCUT2D eigenvalue weighted by Crippen LogP contribution is -2.49. The molecule has 0 aromatic heterocycles. The lowest BCUT2D eigenvalue weighted by Gasteiger charge is -2.24. The number of unbranched alkanes of at least 4 members (excludes halogenated alkanes) is 4. The van der Waals surface area contributed by atoms with Crippen LogP contribution in [0.25, 0.3) is 0 Å². The number of epoxide rings is 1. The minimum Gasteiger partial charge on any atom is -0.446 e. The van der Waals surface area contributed by atoms with Gasteiger partial charge in [0.05, 0.1) is 11.7 Å². The first-order valence-electron chi connectivity index (χ1n) is 10.2. The Morgan fingerprint density at radius 1 is 1.14 bits per heavy atom. The fraction of sp³-hybridized carbons (Fsp3) is 0.636. The number of hydrogen-bond acceptors (Lipinski definition) is 4. The molecule has 0 radical (unpaired) electrons. The fourth-order valence-electron chi connectivity index (χ4n) is 3.08. The van der Waals surface area contributed by atoms with E-state index in [2.05, 4.69) is 34.8 Å². The Kier molecular flexibility index (Phi) is 8.74. The molecule has 1 aromatic carbocycles. The molecule has 0 bridgehead atoms. The molecule has 1 unspecified atom stereocenters. The molecule has 5 nitrogen and oxygen atoms in total. The second-order valence-corrected chi connectivity index (χ2v) is 9.66. The summed E-state index contributed by atoms with van der Waals surface area (Å²) >= 11 is 2.18. The molecule has 1 aromatic rings. The van der Waals surface area contributed by atoms with E-state index < -0.39 is 17.6 Å². The van der Waals surface area contributed by atoms with Crippen molar-refractivity contribution < 1.29 is 19.1 Å². The molecule has 1 amide bonds. The average molecular weight is 501 g/mol. The molecule has 1 heterocycles. The van der Waals surface area contributed by atoms with Crippen LogP contribution in [0.15, 0.2) is 24.3 Å². The first-order chi connectivity index (χ1) is 13.2. The summed E-state index contributed by atoms with van der Waals surface area (Å²) in [6.45, 7) is 7.91. The number of benzene rings is 1. The Morgan fingerprint density at radius 3 is 2.39 bits per heavy atom. The van der Waals surface area contributed by atoms with E-state index in [1.54, 1.807) is 12.1 Å². The predicted molar refractivity (Wildman–Crippen MR) is 118 cm³/mol. The summed E-state index contributed by atoms with van der Waals surface area (Å²) in [5, 5.41) is 2.91. The number of ether oxygens (including phenoxy) is 2. The highest BCUT2D eigenvalue weighted by atomic mass is 127. The van der Waals surface area contributed by atoms with Crippen molar-refractivity contribution >= 4 is 34.5 Å². The molecule has 156 valence electrons. The zero-order valence-corrected chi connectivity index (χ0v) is 19.5. The predicted octanol–water partition coefficient (Wildman–Crippen LogP) is 4.86. The molecule has 0 aliphatic carbocycles. The van der Waals surface area contributed by atoms with Gasteiger partial charge in [0.25, 0.3) is 5.91 Å². The van der Waals surface area contributed by atoms with Crippen LogP contribution in [0.5, 0.6) is 0 Å². The summed E-state index contributed by atoms with van der Waals surface area (Å²) in [6, 6.07) is 7.10. The lowest BCUT2D eigenvalue weighted by atomic mass is 10.0. The minimum absolute atomic E-state index is 0.0122. The third-order valence-electron chi connectivity index (χ3n) is 4.58. The topological polar surface area (TPSA) is 67.9 Å². The van der Waals surface area contributed by atoms with Crippen LogP contribution in [0, 0.1) is 3.57 Å². The fourth-order valence-corrected chi connectivity index (χ4v) is 3.44. The van der Waals surface area contributed by atoms with E-state index in [0.29, 0.717) is 5.56 Å². The highest BCUT2D eigenvalue weighted by Crippen LogP contribution is 2.32. The van der Waals surface area contributed by atoms with Gasteiger partial charge in [0.15, 0.2) is 0 Å². The maximum Gasteiger partial charge on any atom is 0.339 e. The number of carbonyl (C=O) groups is 2. The summed E-state index contributed by atoms with van der Waals surface area (Å²) in [7, 11) is 0. The zero-order chi connectivity index (χ0) is 20.7. The maximum absolute atomic E-state index is 12.8. The molecular weight excluding hydrogens is 469 g/mol. The lowest BCUT2D eigenvalue weighted by molar-refractivity contribution is -0.132. The van der Waals surface area contributed by atoms with Crippen molar-refractivity contribution in [3.63, 3.8) is 0 Å². The Hall–Kier alpha value is -1.15. The molecule has 3 atom stereocenters. The van der Waals surface area contributed by atoms with E-state index in [9.17, 15) is 9.59 Å². The molecule has 1 aliphatic rings. The number of rotatable bonds is 10. The Morgan fingerprint density at radius 2 is 1.79 bits per heavy atom. The van der Waals surface area contributed by atoms with Crippen LogP contribution in [0.1, 0.15) is 76.6 Å². The van der Waals surface area contributed by atoms with Gasteiger partial charge < -0.3 is 14.8 Å². The van der Waals surface area contributed by atoms with Gasteiger partial charge in [0.1, 0.15) is 6.10 Å². The van der Waals surface area contributed by atoms with Gasteiger partial charge in [0.2, 0.25) is 6.10 Å². The summed E-state index contributed by atoms with van der Waals surface area (Å²) in [5.41, 5.74) is 0.0283. The first kappa shape index (κ1) is 23.1. The van der Waals surface area contributed by atoms with Gasteiger partial charge >= 0.3 is 5.97 Å². The van der Waals surface area contributed by atoms with Crippen molar-refractivity contribution in [1.29, 1.82) is 0 Å². The minimum atomic E-state index is -0.924. The van der Waals surface area contributed by atoms with Crippen LogP contribution in [-0.2, 0) is 14.3 Å². The Bertz CT molecular complexity index is 653. The molecule has 1 fully saturated rings. The highest BCUT2D eigenvalue weighted by molar-refractivity contribution is 14.1. The molecule has 0 spiro atoms. The average Bonchev–Trinajstić information content (AvgIpc) is 3.37. The standard InChI is InChI=1S/C22H32INO4/c1-5-6-7-8-9-10-17-18(27-17)19(20(25)24-22(2,3)4)28-21(26)15-11-13-16(23)14-12-15/h11-14,17-19H,5-10H2,1-4H3,(H,24,25)/t17-,18+,19?/m1/s1. The smallest absolute Gasteiger partial charge is 0.339 e. The number of carbonyl (C=O) groups excluding carboxylic acids is 2. The van der Waals surface area contributed by atoms with Gasteiger partial charge in [-0.1, -0.05) is 39.0 Å². The third-order valence-corrected chi connectivity index (χ3v) is 5.30. The van der Waals surface area contributed by atoms with Gasteiger partial charge in [0, 0.05) is 9.11 Å². The van der Waals surface area contributed by atoms with Crippen LogP contribution >= 0.6 is 22.6 Å². The monoisotopic (exact) mass is 501 g/mol. The Balaban J connectivity index is 1.97. The number of hydrogen-bond donors (Lipinski definition) is 1. The number of esters is 1. The van der Waals surface area contributed by atoms with Crippen LogP contribution in [0.4, 0.5) is 0 Å². The first-order valence-corrected chi connectivity index (χ1v) is 11.2. The maximum atomic E-state index is 12.8. The largest absolute Gasteiger partial charge is 0.446 e. The summed E-state index contributed by atoms with van der Waals surface area (Å²) in [6.07, 6.45) is 5.53. The molecule has 28 heavy (non-hydrogen) atoms. The van der Waals surface area contributed by atoms with E-state index in [0.717, 1.165) is 16.4 Å². The Labute approximate surface area is 182 Å². The van der Waals surface area contributed by atoms with Crippen LogP contribution in [0.2, 0.25) is 0 Å². The molecule has 1 saturated heterocycles. The van der Waals surface area contributed by atoms with E-state index >= 15 is 0 Å². The van der Waals surface area contributed by atoms with Crippen molar-refractivity contribution in [1.82, 2.24) is 5.32 Å². The molecule has 1 aliphatic heterocycles. The van der Waals surface area contributed by atoms with Crippen LogP contribution in [-0.4, -0.2) is 35.7 Å². The summed E-state index contributed by atoms with van der Waals surface area (Å²) < 4.78 is 12.4. The number of amides is 1. The summed E-state index contributed by atoms with van der Waals surface area (Å²) in [4.78, 5) is 25.3. The zero-order valence-electron chi connectivity index (χ0n) is 17.3. The SMILES string of the molecule is CCCCCCC[C@H]1O[C@@H]1C(OC(=O)c1ccc(I)cc1)C(=O)NC(C)(C)C. The molecule has 0 saturated carbocycles. The number of nitrogens with one attached hydrogen (secondary N) is 1. The molecule has 1 N–H and O–H groups in total. The van der Waals surface area contributed by atoms with E-state index in [1.165, 1.54) is 25.7 Å². The van der Waals surface area contributed by atoms with Crippen molar-refractivity contribution in [3.05, 3.63) is 33.4 Å². The van der Waals surface area contributed by atoms with Crippen molar-refractivity contribution in [2.24, 2.45) is 0 Å². The van der Waals surface area contributed by atoms with Gasteiger partial charge in [-0.15, -0.1) is 0 Å². The van der Waals surface area contributed by atoms with E-state index in [-0.39, 0.29) is 18.1 Å². The molecular formula is C22H32INO4. The normalized spacial score (nSPS) is 19.8.